The van der Waals surface area contributed by atoms with Crippen LogP contribution in [-0.4, -0.2) is 64.8 Å². The van der Waals surface area contributed by atoms with Crippen LogP contribution in [0.25, 0.3) is 5.69 Å². The van der Waals surface area contributed by atoms with Gasteiger partial charge < -0.3 is 14.7 Å². The molecule has 6 nitrogen and oxygen atoms in total. The molecule has 0 atom stereocenters. The van der Waals surface area contributed by atoms with Gasteiger partial charge in [0.05, 0.1) is 17.9 Å². The molecule has 1 fully saturated rings. The van der Waals surface area contributed by atoms with Crippen molar-refractivity contribution in [3.8, 4) is 5.69 Å². The largest absolute Gasteiger partial charge is 0.354 e. The van der Waals surface area contributed by atoms with E-state index in [1.165, 1.54) is 0 Å². The first-order valence-corrected chi connectivity index (χ1v) is 13.3. The number of hydrogen-bond donors (Lipinski definition) is 0. The third kappa shape index (κ3) is 5.96. The van der Waals surface area contributed by atoms with E-state index in [-0.39, 0.29) is 5.91 Å². The zero-order valence-electron chi connectivity index (χ0n) is 21.2. The molecule has 1 aliphatic heterocycles. The maximum absolute atomic E-state index is 13.7. The Morgan fingerprint density at radius 3 is 2.40 bits per heavy atom. The lowest BCUT2D eigenvalue weighted by molar-refractivity contribution is 0.0722. The van der Waals surface area contributed by atoms with Crippen LogP contribution in [0.4, 0.5) is 5.82 Å². The molecule has 4 rings (SSSR count). The number of likely N-dealkylation sites (N-methyl/N-ethyl adjacent to an activating group) is 1. The number of aromatic nitrogens is 2. The van der Waals surface area contributed by atoms with Gasteiger partial charge in [-0.25, -0.2) is 4.68 Å². The van der Waals surface area contributed by atoms with Crippen LogP contribution in [0, 0.1) is 12.8 Å². The summed E-state index contributed by atoms with van der Waals surface area (Å²) in [6.07, 6.45) is 0. The number of para-hydroxylation sites is 1. The van der Waals surface area contributed by atoms with Gasteiger partial charge in [0.25, 0.3) is 5.91 Å². The molecule has 1 saturated heterocycles. The van der Waals surface area contributed by atoms with Crippen molar-refractivity contribution in [2.45, 2.75) is 34.2 Å². The first-order chi connectivity index (χ1) is 16.9. The third-order valence-corrected chi connectivity index (χ3v) is 7.06. The molecule has 2 aromatic carbocycles. The van der Waals surface area contributed by atoms with E-state index in [0.29, 0.717) is 24.6 Å². The maximum Gasteiger partial charge on any atom is 0.254 e. The van der Waals surface area contributed by atoms with Gasteiger partial charge in [-0.15, -0.1) is 0 Å². The van der Waals surface area contributed by atoms with Crippen LogP contribution in [0.3, 0.4) is 0 Å². The molecule has 1 aliphatic rings. The predicted molar refractivity (Wildman–Crippen MR) is 146 cm³/mol. The molecular formula is C28H36BrN5O. The fourth-order valence-corrected chi connectivity index (χ4v) is 5.14. The Kier molecular flexibility index (Phi) is 8.29. The van der Waals surface area contributed by atoms with Gasteiger partial charge in [0.1, 0.15) is 5.82 Å². The van der Waals surface area contributed by atoms with E-state index < -0.39 is 0 Å². The molecule has 0 radical (unpaired) electrons. The van der Waals surface area contributed by atoms with Crippen LogP contribution >= 0.6 is 15.9 Å². The average molecular weight is 539 g/mol. The SMILES string of the molecule is CCN1CCN(c2c(CN(CC(C)C)C(=O)c3cccc(Br)c3)c(C)nn2-c2ccccc2)CC1. The summed E-state index contributed by atoms with van der Waals surface area (Å²) in [7, 11) is 0. The minimum atomic E-state index is 0.0496. The number of halogens is 1. The van der Waals surface area contributed by atoms with Crippen molar-refractivity contribution in [3.05, 3.63) is 75.9 Å². The predicted octanol–water partition coefficient (Wildman–Crippen LogP) is 5.38. The quantitative estimate of drug-likeness (QED) is 0.386. The molecular weight excluding hydrogens is 502 g/mol. The molecule has 0 unspecified atom stereocenters. The summed E-state index contributed by atoms with van der Waals surface area (Å²) in [5.41, 5.74) is 3.84. The summed E-state index contributed by atoms with van der Waals surface area (Å²) >= 11 is 3.52. The lowest BCUT2D eigenvalue weighted by Gasteiger charge is -2.36. The Balaban J connectivity index is 1.74. The fourth-order valence-electron chi connectivity index (χ4n) is 4.74. The van der Waals surface area contributed by atoms with Gasteiger partial charge in [-0.3, -0.25) is 4.79 Å². The number of rotatable bonds is 8. The lowest BCUT2D eigenvalue weighted by atomic mass is 10.1. The Morgan fingerprint density at radius 2 is 1.77 bits per heavy atom. The molecule has 7 heteroatoms. The Hall–Kier alpha value is -2.64. The summed E-state index contributed by atoms with van der Waals surface area (Å²) in [5, 5.41) is 4.99. The van der Waals surface area contributed by atoms with Crippen LogP contribution in [0.1, 0.15) is 42.4 Å². The zero-order chi connectivity index (χ0) is 24.9. The molecule has 0 spiro atoms. The van der Waals surface area contributed by atoms with E-state index in [4.69, 9.17) is 5.10 Å². The van der Waals surface area contributed by atoms with E-state index in [0.717, 1.165) is 60.0 Å². The summed E-state index contributed by atoms with van der Waals surface area (Å²) in [6, 6.07) is 18.0. The molecule has 35 heavy (non-hydrogen) atoms. The van der Waals surface area contributed by atoms with Crippen molar-refractivity contribution in [1.29, 1.82) is 0 Å². The summed E-state index contributed by atoms with van der Waals surface area (Å²) < 4.78 is 2.99. The van der Waals surface area contributed by atoms with E-state index >= 15 is 0 Å². The monoisotopic (exact) mass is 537 g/mol. The topological polar surface area (TPSA) is 44.6 Å². The van der Waals surface area contributed by atoms with Crippen molar-refractivity contribution in [1.82, 2.24) is 19.6 Å². The van der Waals surface area contributed by atoms with E-state index in [1.54, 1.807) is 0 Å². The van der Waals surface area contributed by atoms with Gasteiger partial charge in [-0.2, -0.15) is 5.10 Å². The molecule has 2 heterocycles. The smallest absolute Gasteiger partial charge is 0.254 e. The molecule has 3 aromatic rings. The Labute approximate surface area is 217 Å². The fraction of sp³-hybridized carbons (Fsp3) is 0.429. The molecule has 0 aliphatic carbocycles. The van der Waals surface area contributed by atoms with Crippen LogP contribution in [0.5, 0.6) is 0 Å². The first kappa shape index (κ1) is 25.5. The molecule has 1 aromatic heterocycles. The second-order valence-electron chi connectivity index (χ2n) is 9.65. The van der Waals surface area contributed by atoms with Crippen LogP contribution in [-0.2, 0) is 6.54 Å². The van der Waals surface area contributed by atoms with Crippen molar-refractivity contribution in [2.75, 3.05) is 44.2 Å². The third-order valence-electron chi connectivity index (χ3n) is 6.57. The molecule has 1 amide bonds. The number of anilines is 1. The van der Waals surface area contributed by atoms with Gasteiger partial charge in [-0.05, 0) is 49.7 Å². The Morgan fingerprint density at radius 1 is 1.06 bits per heavy atom. The standard InChI is InChI=1S/C28H36BrN5O/c1-5-31-14-16-32(17-15-31)27-26(22(4)30-34(27)25-12-7-6-8-13-25)20-33(19-21(2)3)28(35)23-10-9-11-24(29)18-23/h6-13,18,21H,5,14-17,19-20H2,1-4H3. The first-order valence-electron chi connectivity index (χ1n) is 12.5. The number of hydrogen-bond acceptors (Lipinski definition) is 4. The summed E-state index contributed by atoms with van der Waals surface area (Å²) in [5.74, 6) is 1.51. The lowest BCUT2D eigenvalue weighted by Crippen LogP contribution is -2.47. The summed E-state index contributed by atoms with van der Waals surface area (Å²) in [4.78, 5) is 20.6. The number of carbonyl (C=O) groups excluding carboxylic acids is 1. The van der Waals surface area contributed by atoms with Crippen LogP contribution in [0.2, 0.25) is 0 Å². The molecule has 0 saturated carbocycles. The minimum absolute atomic E-state index is 0.0496. The van der Waals surface area contributed by atoms with Crippen LogP contribution < -0.4 is 4.90 Å². The van der Waals surface area contributed by atoms with E-state index in [9.17, 15) is 4.79 Å². The number of benzene rings is 2. The van der Waals surface area contributed by atoms with Crippen molar-refractivity contribution in [3.63, 3.8) is 0 Å². The van der Waals surface area contributed by atoms with Crippen molar-refractivity contribution >= 4 is 27.7 Å². The molecule has 0 N–H and O–H groups in total. The number of aryl methyl sites for hydroxylation is 1. The number of piperazine rings is 1. The van der Waals surface area contributed by atoms with Crippen molar-refractivity contribution in [2.24, 2.45) is 5.92 Å². The highest BCUT2D eigenvalue weighted by Gasteiger charge is 2.28. The Bertz CT molecular complexity index is 1140. The maximum atomic E-state index is 13.7. The molecule has 186 valence electrons. The second kappa shape index (κ2) is 11.4. The highest BCUT2D eigenvalue weighted by Crippen LogP contribution is 2.30. The molecule has 0 bridgehead atoms. The normalized spacial score (nSPS) is 14.5. The van der Waals surface area contributed by atoms with Gasteiger partial charge in [0, 0.05) is 48.3 Å². The highest BCUT2D eigenvalue weighted by atomic mass is 79.9. The van der Waals surface area contributed by atoms with Crippen molar-refractivity contribution < 1.29 is 4.79 Å². The number of nitrogens with zero attached hydrogens (tertiary/aromatic N) is 5. The summed E-state index contributed by atoms with van der Waals surface area (Å²) in [6.45, 7) is 14.8. The van der Waals surface area contributed by atoms with Gasteiger partial charge >= 0.3 is 0 Å². The number of carbonyl (C=O) groups is 1. The highest BCUT2D eigenvalue weighted by molar-refractivity contribution is 9.10. The number of amides is 1. The van der Waals surface area contributed by atoms with E-state index in [1.807, 2.05) is 47.4 Å². The van der Waals surface area contributed by atoms with E-state index in [2.05, 4.69) is 70.2 Å². The van der Waals surface area contributed by atoms with Crippen LogP contribution in [0.15, 0.2) is 59.1 Å². The average Bonchev–Trinajstić information content (AvgIpc) is 3.19. The van der Waals surface area contributed by atoms with Gasteiger partial charge in [0.15, 0.2) is 0 Å². The zero-order valence-corrected chi connectivity index (χ0v) is 22.8. The minimum Gasteiger partial charge on any atom is -0.354 e. The van der Waals surface area contributed by atoms with Gasteiger partial charge in [-0.1, -0.05) is 61.0 Å². The van der Waals surface area contributed by atoms with Gasteiger partial charge in [0.2, 0.25) is 0 Å². The second-order valence-corrected chi connectivity index (χ2v) is 10.6.